The second-order valence-electron chi connectivity index (χ2n) is 14.3. The molecule has 18 heteroatoms. The largest absolute Gasteiger partial charge is 0.493 e. The number of carbonyl (C=O) groups excluding carboxylic acids is 6. The van der Waals surface area contributed by atoms with Crippen LogP contribution in [0, 0.1) is 0 Å². The first-order chi connectivity index (χ1) is 31.2. The molecule has 6 aromatic rings. The van der Waals surface area contributed by atoms with Crippen molar-refractivity contribution in [1.82, 2.24) is 20.6 Å². The number of methoxy groups -OCH3 is 2. The summed E-state index contributed by atoms with van der Waals surface area (Å²) in [5.74, 6) is -3.76. The van der Waals surface area contributed by atoms with Gasteiger partial charge in [0.05, 0.1) is 20.6 Å². The fourth-order valence-corrected chi connectivity index (χ4v) is 6.92. The van der Waals surface area contributed by atoms with Crippen LogP contribution in [0.4, 0.5) is 0 Å². The number of H-pyrrole nitrogens is 2. The highest BCUT2D eigenvalue weighted by molar-refractivity contribution is 6.54. The Kier molecular flexibility index (Phi) is 16.5. The number of hydrogen-bond acceptors (Lipinski definition) is 10. The van der Waals surface area contributed by atoms with Crippen molar-refractivity contribution in [3.05, 3.63) is 132 Å². The van der Waals surface area contributed by atoms with Gasteiger partial charge in [-0.3, -0.25) is 19.2 Å². The number of aromatic nitrogens is 2. The molecule has 4 aromatic carbocycles. The van der Waals surface area contributed by atoms with E-state index >= 15 is 0 Å². The minimum atomic E-state index is -1.42. The van der Waals surface area contributed by atoms with E-state index in [1.165, 1.54) is 62.8 Å². The van der Waals surface area contributed by atoms with Gasteiger partial charge in [-0.1, -0.05) is 107 Å². The molecule has 0 fully saturated rings. The van der Waals surface area contributed by atoms with Crippen LogP contribution in [-0.2, 0) is 41.6 Å². The van der Waals surface area contributed by atoms with Crippen LogP contribution in [0.1, 0.15) is 28.7 Å². The van der Waals surface area contributed by atoms with E-state index in [0.717, 1.165) is 32.9 Å². The van der Waals surface area contributed by atoms with Gasteiger partial charge in [0.2, 0.25) is 0 Å². The standard InChI is InChI=1S/C47H40Cl4N4O10/c1-62-40-19-26(13-17-38(40)64-46(60)36(54-44(58)42(48)49)21-28-24-52-34-9-5-3-7-32(28)34)11-15-30(56)23-31(57)16-12-27-14-18-39(41(20-27)63-2)65-47(61)37(55-45(59)43(50)51)22-29-25-53-35-10-6-4-8-33(29)35/h3-20,24-25,36-37,42-43,52-53H,21-23H2,1-2H3,(H,54,58)(H,55,59)/b15-11+,16-12+/t36-,37-/m0/s1. The second kappa shape index (κ2) is 22.4. The van der Waals surface area contributed by atoms with E-state index in [1.54, 1.807) is 24.5 Å². The van der Waals surface area contributed by atoms with Crippen molar-refractivity contribution in [3.63, 3.8) is 0 Å². The van der Waals surface area contributed by atoms with E-state index in [9.17, 15) is 28.8 Å². The number of benzene rings is 4. The van der Waals surface area contributed by atoms with E-state index in [4.69, 9.17) is 65.4 Å². The van der Waals surface area contributed by atoms with E-state index in [0.29, 0.717) is 11.1 Å². The summed E-state index contributed by atoms with van der Waals surface area (Å²) in [6.07, 6.45) is 8.56. The highest BCUT2D eigenvalue weighted by atomic mass is 35.5. The number of alkyl halides is 4. The summed E-state index contributed by atoms with van der Waals surface area (Å²) < 4.78 is 22.2. The normalized spacial score (nSPS) is 12.4. The summed E-state index contributed by atoms with van der Waals surface area (Å²) in [4.78, 5) is 80.8. The lowest BCUT2D eigenvalue weighted by atomic mass is 10.0. The molecule has 2 atom stereocenters. The average Bonchev–Trinajstić information content (AvgIpc) is 3.91. The maximum atomic E-state index is 13.4. The van der Waals surface area contributed by atoms with Gasteiger partial charge in [-0.2, -0.15) is 0 Å². The number of hydrogen-bond donors (Lipinski definition) is 4. The number of fused-ring (bicyclic) bond motifs is 2. The number of carbonyl (C=O) groups is 6. The highest BCUT2D eigenvalue weighted by Crippen LogP contribution is 2.31. The van der Waals surface area contributed by atoms with Crippen LogP contribution in [0.2, 0.25) is 0 Å². The first kappa shape index (κ1) is 47.9. The lowest BCUT2D eigenvalue weighted by Gasteiger charge is -2.19. The first-order valence-corrected chi connectivity index (χ1v) is 21.5. The molecule has 4 N–H and O–H groups in total. The summed E-state index contributed by atoms with van der Waals surface area (Å²) >= 11 is 23.1. The minimum Gasteiger partial charge on any atom is -0.493 e. The number of amides is 2. The Morgan fingerprint density at radius 3 is 1.35 bits per heavy atom. The Hall–Kier alpha value is -6.58. The van der Waals surface area contributed by atoms with Gasteiger partial charge >= 0.3 is 11.9 Å². The molecule has 0 radical (unpaired) electrons. The summed E-state index contributed by atoms with van der Waals surface area (Å²) in [6, 6.07) is 21.7. The van der Waals surface area contributed by atoms with Gasteiger partial charge in [-0.05, 0) is 70.8 Å². The number of aromatic amines is 2. The van der Waals surface area contributed by atoms with E-state index in [-0.39, 0.29) is 35.8 Å². The minimum absolute atomic E-state index is 0.0435. The molecule has 0 saturated heterocycles. The number of halogens is 4. The third kappa shape index (κ3) is 12.8. The van der Waals surface area contributed by atoms with E-state index in [2.05, 4.69) is 20.6 Å². The number of ketones is 2. The molecule has 2 heterocycles. The molecule has 65 heavy (non-hydrogen) atoms. The van der Waals surface area contributed by atoms with Crippen LogP contribution in [0.3, 0.4) is 0 Å². The van der Waals surface area contributed by atoms with Gasteiger partial charge in [0.15, 0.2) is 44.2 Å². The zero-order chi connectivity index (χ0) is 46.6. The summed E-state index contributed by atoms with van der Waals surface area (Å²) in [6.45, 7) is 0. The number of ether oxygens (including phenoxy) is 4. The smallest absolute Gasteiger partial charge is 0.334 e. The quantitative estimate of drug-likeness (QED) is 0.0193. The van der Waals surface area contributed by atoms with Gasteiger partial charge in [0.25, 0.3) is 11.8 Å². The first-order valence-electron chi connectivity index (χ1n) is 19.7. The Morgan fingerprint density at radius 2 is 0.969 bits per heavy atom. The predicted octanol–water partition coefficient (Wildman–Crippen LogP) is 7.79. The summed E-state index contributed by atoms with van der Waals surface area (Å²) in [5.41, 5.74) is 4.17. The third-order valence-electron chi connectivity index (χ3n) is 9.86. The number of rotatable bonds is 20. The molecule has 2 aromatic heterocycles. The molecule has 0 aliphatic carbocycles. The molecular formula is C47H40Cl4N4O10. The molecule has 0 bridgehead atoms. The van der Waals surface area contributed by atoms with Gasteiger partial charge < -0.3 is 39.5 Å². The fourth-order valence-electron chi connectivity index (χ4n) is 6.67. The van der Waals surface area contributed by atoms with Crippen LogP contribution >= 0.6 is 46.4 Å². The lowest BCUT2D eigenvalue weighted by molar-refractivity contribution is -0.139. The Bertz CT molecular complexity index is 2610. The molecule has 2 amide bonds. The summed E-state index contributed by atoms with van der Waals surface area (Å²) in [7, 11) is 2.74. The molecule has 0 saturated carbocycles. The van der Waals surface area contributed by atoms with Gasteiger partial charge in [-0.25, -0.2) is 9.59 Å². The predicted molar refractivity (Wildman–Crippen MR) is 249 cm³/mol. The maximum absolute atomic E-state index is 13.4. The Labute approximate surface area is 392 Å². The topological polar surface area (TPSA) is 195 Å². The van der Waals surface area contributed by atoms with Crippen molar-refractivity contribution in [2.75, 3.05) is 14.2 Å². The Morgan fingerprint density at radius 1 is 0.569 bits per heavy atom. The average molecular weight is 963 g/mol. The molecular weight excluding hydrogens is 922 g/mol. The molecule has 0 spiro atoms. The lowest BCUT2D eigenvalue weighted by Crippen LogP contribution is -2.46. The zero-order valence-corrected chi connectivity index (χ0v) is 37.6. The van der Waals surface area contributed by atoms with Crippen molar-refractivity contribution in [2.45, 2.75) is 41.0 Å². The third-order valence-corrected chi connectivity index (χ3v) is 10.7. The van der Waals surface area contributed by atoms with Crippen molar-refractivity contribution >= 4 is 116 Å². The van der Waals surface area contributed by atoms with Gasteiger partial charge in [-0.15, -0.1) is 0 Å². The van der Waals surface area contributed by atoms with Crippen LogP contribution in [0.15, 0.2) is 109 Å². The molecule has 336 valence electrons. The fraction of sp³-hybridized carbons (Fsp3) is 0.191. The monoisotopic (exact) mass is 960 g/mol. The molecule has 14 nitrogen and oxygen atoms in total. The molecule has 0 unspecified atom stereocenters. The van der Waals surface area contributed by atoms with Crippen LogP contribution in [0.5, 0.6) is 23.0 Å². The van der Waals surface area contributed by atoms with Crippen molar-refractivity contribution in [3.8, 4) is 23.0 Å². The molecule has 0 aliphatic heterocycles. The second-order valence-corrected chi connectivity index (χ2v) is 16.5. The van der Waals surface area contributed by atoms with Crippen LogP contribution < -0.4 is 29.6 Å². The highest BCUT2D eigenvalue weighted by Gasteiger charge is 2.29. The molecule has 0 aliphatic rings. The van der Waals surface area contributed by atoms with Crippen molar-refractivity contribution in [1.29, 1.82) is 0 Å². The van der Waals surface area contributed by atoms with Crippen LogP contribution in [0.25, 0.3) is 34.0 Å². The number of allylic oxidation sites excluding steroid dienone is 2. The molecule has 6 rings (SSSR count). The van der Waals surface area contributed by atoms with Gasteiger partial charge in [0, 0.05) is 47.0 Å². The van der Waals surface area contributed by atoms with Gasteiger partial charge in [0.1, 0.15) is 12.1 Å². The van der Waals surface area contributed by atoms with Crippen molar-refractivity contribution in [2.24, 2.45) is 0 Å². The van der Waals surface area contributed by atoms with E-state index < -0.39 is 63.5 Å². The Balaban J connectivity index is 1.05. The maximum Gasteiger partial charge on any atom is 0.334 e. The zero-order valence-electron chi connectivity index (χ0n) is 34.6. The summed E-state index contributed by atoms with van der Waals surface area (Å²) in [5, 5.41) is 6.78. The number of para-hydroxylation sites is 2. The number of nitrogens with one attached hydrogen (secondary N) is 4. The number of esters is 2. The van der Waals surface area contributed by atoms with E-state index in [1.807, 2.05) is 48.5 Å². The van der Waals surface area contributed by atoms with Crippen molar-refractivity contribution < 1.29 is 47.7 Å². The SMILES string of the molecule is COc1cc(/C=C/C(=O)CC(=O)/C=C/c2ccc(OC(=O)[C@H](Cc3c[nH]c4ccccc34)NC(=O)C(Cl)Cl)c(OC)c2)ccc1OC(=O)[C@H](Cc1c[nH]c2ccccc12)NC(=O)C(Cl)Cl. The van der Waals surface area contributed by atoms with Crippen LogP contribution in [-0.4, -0.2) is 81.3 Å².